The molecule has 1 aliphatic rings. The smallest absolute Gasteiger partial charge is 0.229 e. The molecule has 0 spiro atoms. The van der Waals surface area contributed by atoms with Gasteiger partial charge in [0.2, 0.25) is 5.91 Å². The van der Waals surface area contributed by atoms with E-state index in [-0.39, 0.29) is 11.8 Å². The minimum Gasteiger partial charge on any atom is -0.389 e. The van der Waals surface area contributed by atoms with Gasteiger partial charge in [0, 0.05) is 18.5 Å². The second kappa shape index (κ2) is 5.02. The van der Waals surface area contributed by atoms with Crippen LogP contribution in [0.2, 0.25) is 0 Å². The number of nitrogens with zero attached hydrogens (tertiary/aromatic N) is 1. The quantitative estimate of drug-likeness (QED) is 0.913. The Morgan fingerprint density at radius 1 is 1.61 bits per heavy atom. The molecule has 1 amide bonds. The van der Waals surface area contributed by atoms with Crippen LogP contribution in [0.3, 0.4) is 0 Å². The number of hydrogen-bond acceptors (Lipinski definition) is 3. The molecule has 3 nitrogen and oxygen atoms in total. The van der Waals surface area contributed by atoms with Crippen molar-refractivity contribution in [2.24, 2.45) is 0 Å². The molecule has 4 heteroatoms. The first-order valence-corrected chi connectivity index (χ1v) is 7.30. The van der Waals surface area contributed by atoms with E-state index in [4.69, 9.17) is 0 Å². The second-order valence-electron chi connectivity index (χ2n) is 5.75. The van der Waals surface area contributed by atoms with E-state index in [1.807, 2.05) is 0 Å². The van der Waals surface area contributed by atoms with E-state index in [1.54, 1.807) is 37.1 Å². The van der Waals surface area contributed by atoms with Gasteiger partial charge in [-0.2, -0.15) is 0 Å². The van der Waals surface area contributed by atoms with E-state index >= 15 is 0 Å². The summed E-state index contributed by atoms with van der Waals surface area (Å²) in [5, 5.41) is 11.9. The van der Waals surface area contributed by atoms with Crippen molar-refractivity contribution in [1.29, 1.82) is 0 Å². The molecular weight excluding hydrogens is 246 g/mol. The van der Waals surface area contributed by atoms with Gasteiger partial charge >= 0.3 is 0 Å². The Kier molecular flexibility index (Phi) is 3.78. The van der Waals surface area contributed by atoms with Gasteiger partial charge in [0.25, 0.3) is 0 Å². The van der Waals surface area contributed by atoms with Gasteiger partial charge in [-0.05, 0) is 50.1 Å². The Bertz CT molecular complexity index is 433. The highest BCUT2D eigenvalue weighted by Crippen LogP contribution is 2.36. The first-order valence-electron chi connectivity index (χ1n) is 6.42. The van der Waals surface area contributed by atoms with Gasteiger partial charge in [0.15, 0.2) is 0 Å². The number of aliphatic hydroxyl groups is 1. The van der Waals surface area contributed by atoms with E-state index in [0.717, 1.165) is 19.3 Å². The topological polar surface area (TPSA) is 40.5 Å². The largest absolute Gasteiger partial charge is 0.389 e. The molecule has 18 heavy (non-hydrogen) atoms. The molecule has 0 bridgehead atoms. The number of carbonyl (C=O) groups is 1. The first kappa shape index (κ1) is 13.6. The molecule has 1 unspecified atom stereocenters. The summed E-state index contributed by atoms with van der Waals surface area (Å²) in [6.07, 6.45) is 3.12. The summed E-state index contributed by atoms with van der Waals surface area (Å²) >= 11 is 1.75. The summed E-state index contributed by atoms with van der Waals surface area (Å²) < 4.78 is 0. The molecule has 1 aliphatic carbocycles. The van der Waals surface area contributed by atoms with Crippen molar-refractivity contribution in [3.63, 3.8) is 0 Å². The van der Waals surface area contributed by atoms with Crippen LogP contribution < -0.4 is 0 Å². The van der Waals surface area contributed by atoms with E-state index in [0.29, 0.717) is 6.54 Å². The van der Waals surface area contributed by atoms with Gasteiger partial charge in [0.05, 0.1) is 11.5 Å². The van der Waals surface area contributed by atoms with Crippen LogP contribution in [0.25, 0.3) is 0 Å². The standard InChI is InChI=1S/C14H21NO2S/c1-14(2,17)9-15(3)13(16)11-5-4-6-12-10(11)7-8-18-12/h7-8,11,17H,4-6,9H2,1-3H3. The Morgan fingerprint density at radius 2 is 2.33 bits per heavy atom. The van der Waals surface area contributed by atoms with Crippen LogP contribution in [-0.4, -0.2) is 35.1 Å². The fraction of sp³-hybridized carbons (Fsp3) is 0.643. The maximum Gasteiger partial charge on any atom is 0.229 e. The fourth-order valence-corrected chi connectivity index (χ4v) is 3.65. The molecule has 2 rings (SSSR count). The predicted molar refractivity (Wildman–Crippen MR) is 73.9 cm³/mol. The highest BCUT2D eigenvalue weighted by atomic mass is 32.1. The van der Waals surface area contributed by atoms with Crippen molar-refractivity contribution in [3.8, 4) is 0 Å². The number of rotatable bonds is 3. The molecule has 1 aromatic heterocycles. The third kappa shape index (κ3) is 2.93. The van der Waals surface area contributed by atoms with E-state index in [2.05, 4.69) is 11.4 Å². The number of thiophene rings is 1. The van der Waals surface area contributed by atoms with Gasteiger partial charge in [-0.1, -0.05) is 0 Å². The zero-order valence-electron chi connectivity index (χ0n) is 11.3. The van der Waals surface area contributed by atoms with Crippen molar-refractivity contribution in [2.75, 3.05) is 13.6 Å². The normalized spacial score (nSPS) is 19.4. The number of amides is 1. The van der Waals surface area contributed by atoms with Gasteiger partial charge in [-0.25, -0.2) is 0 Å². The summed E-state index contributed by atoms with van der Waals surface area (Å²) in [6.45, 7) is 3.84. The SMILES string of the molecule is CN(CC(C)(C)O)C(=O)C1CCCc2sccc21. The van der Waals surface area contributed by atoms with Crippen molar-refractivity contribution >= 4 is 17.2 Å². The molecule has 0 aromatic carbocycles. The highest BCUT2D eigenvalue weighted by molar-refractivity contribution is 7.10. The minimum absolute atomic E-state index is 0.00708. The Labute approximate surface area is 112 Å². The number of hydrogen-bond donors (Lipinski definition) is 1. The van der Waals surface area contributed by atoms with Gasteiger partial charge < -0.3 is 10.0 Å². The van der Waals surface area contributed by atoms with Crippen LogP contribution in [0.15, 0.2) is 11.4 Å². The van der Waals surface area contributed by atoms with E-state index in [9.17, 15) is 9.90 Å². The summed E-state index contributed by atoms with van der Waals surface area (Å²) in [4.78, 5) is 15.5. The summed E-state index contributed by atoms with van der Waals surface area (Å²) in [6, 6.07) is 2.08. The van der Waals surface area contributed by atoms with Crippen LogP contribution in [0.5, 0.6) is 0 Å². The molecule has 1 aromatic rings. The van der Waals surface area contributed by atoms with Crippen molar-refractivity contribution in [1.82, 2.24) is 4.90 Å². The summed E-state index contributed by atoms with van der Waals surface area (Å²) in [5.41, 5.74) is 0.371. The number of aryl methyl sites for hydroxylation is 1. The number of carbonyl (C=O) groups excluding carboxylic acids is 1. The molecule has 1 atom stereocenters. The van der Waals surface area contributed by atoms with E-state index < -0.39 is 5.60 Å². The van der Waals surface area contributed by atoms with Crippen molar-refractivity contribution in [2.45, 2.75) is 44.6 Å². The minimum atomic E-state index is -0.837. The third-order valence-electron chi connectivity index (χ3n) is 3.35. The maximum absolute atomic E-state index is 12.5. The summed E-state index contributed by atoms with van der Waals surface area (Å²) in [5.74, 6) is 0.129. The average molecular weight is 267 g/mol. The molecule has 100 valence electrons. The Hall–Kier alpha value is -0.870. The van der Waals surface area contributed by atoms with Gasteiger partial charge in [-0.15, -0.1) is 11.3 Å². The van der Waals surface area contributed by atoms with Crippen LogP contribution >= 0.6 is 11.3 Å². The Balaban J connectivity index is 2.12. The second-order valence-corrected chi connectivity index (χ2v) is 6.75. The van der Waals surface area contributed by atoms with Gasteiger partial charge in [-0.3, -0.25) is 4.79 Å². The van der Waals surface area contributed by atoms with E-state index in [1.165, 1.54) is 10.4 Å². The molecule has 1 N–H and O–H groups in total. The predicted octanol–water partition coefficient (Wildman–Crippen LogP) is 2.40. The van der Waals surface area contributed by atoms with Gasteiger partial charge in [0.1, 0.15) is 0 Å². The van der Waals surface area contributed by atoms with Crippen molar-refractivity contribution in [3.05, 3.63) is 21.9 Å². The molecule has 0 saturated heterocycles. The van der Waals surface area contributed by atoms with Crippen molar-refractivity contribution < 1.29 is 9.90 Å². The zero-order valence-corrected chi connectivity index (χ0v) is 12.1. The Morgan fingerprint density at radius 3 is 3.00 bits per heavy atom. The van der Waals surface area contributed by atoms with Crippen LogP contribution in [-0.2, 0) is 11.2 Å². The number of likely N-dealkylation sites (N-methyl/N-ethyl adjacent to an activating group) is 1. The average Bonchev–Trinajstić information content (AvgIpc) is 2.73. The lowest BCUT2D eigenvalue weighted by molar-refractivity contribution is -0.134. The molecule has 0 fully saturated rings. The molecule has 0 saturated carbocycles. The van der Waals surface area contributed by atoms with Crippen LogP contribution in [0.1, 0.15) is 43.0 Å². The van der Waals surface area contributed by atoms with Crippen LogP contribution in [0.4, 0.5) is 0 Å². The lowest BCUT2D eigenvalue weighted by atomic mass is 9.86. The lowest BCUT2D eigenvalue weighted by Gasteiger charge is -2.30. The fourth-order valence-electron chi connectivity index (χ4n) is 2.67. The molecule has 0 radical (unpaired) electrons. The zero-order chi connectivity index (χ0) is 13.3. The number of fused-ring (bicyclic) bond motifs is 1. The molecular formula is C14H21NO2S. The van der Waals surface area contributed by atoms with Crippen LogP contribution in [0, 0.1) is 0 Å². The molecule has 1 heterocycles. The molecule has 0 aliphatic heterocycles. The third-order valence-corrected chi connectivity index (χ3v) is 4.35. The lowest BCUT2D eigenvalue weighted by Crippen LogP contribution is -2.42. The first-order chi connectivity index (χ1) is 8.38. The highest BCUT2D eigenvalue weighted by Gasteiger charge is 2.30. The summed E-state index contributed by atoms with van der Waals surface area (Å²) in [7, 11) is 1.78. The maximum atomic E-state index is 12.5. The monoisotopic (exact) mass is 267 g/mol.